The summed E-state index contributed by atoms with van der Waals surface area (Å²) in [6, 6.07) is 12.3. The van der Waals surface area contributed by atoms with Crippen molar-refractivity contribution in [3.63, 3.8) is 0 Å². The van der Waals surface area contributed by atoms with E-state index < -0.39 is 6.67 Å². The Labute approximate surface area is 190 Å². The number of halogens is 2. The highest BCUT2D eigenvalue weighted by Crippen LogP contribution is 2.34. The molecule has 0 fully saturated rings. The lowest BCUT2D eigenvalue weighted by Crippen LogP contribution is -2.31. The number of aromatic nitrogens is 1. The molecule has 7 heteroatoms. The van der Waals surface area contributed by atoms with Crippen molar-refractivity contribution in [2.45, 2.75) is 25.4 Å². The lowest BCUT2D eigenvalue weighted by molar-refractivity contribution is 0.186. The number of hydrogen-bond acceptors (Lipinski definition) is 4. The third-order valence-corrected chi connectivity index (χ3v) is 6.06. The van der Waals surface area contributed by atoms with E-state index in [-0.39, 0.29) is 11.3 Å². The highest BCUT2D eigenvalue weighted by Gasteiger charge is 2.31. The molecule has 1 aromatic heterocycles. The van der Waals surface area contributed by atoms with Crippen molar-refractivity contribution in [1.82, 2.24) is 10.0 Å². The molecule has 0 bridgehead atoms. The van der Waals surface area contributed by atoms with Gasteiger partial charge in [0.2, 0.25) is 0 Å². The van der Waals surface area contributed by atoms with Gasteiger partial charge in [-0.05, 0) is 48.1 Å². The monoisotopic (exact) mass is 453 g/mol. The highest BCUT2D eigenvalue weighted by atomic mass is 35.5. The molecule has 5 nitrogen and oxygen atoms in total. The molecule has 2 N–H and O–H groups in total. The summed E-state index contributed by atoms with van der Waals surface area (Å²) in [5.74, 6) is -0.0311. The number of pyridine rings is 1. The fourth-order valence-corrected chi connectivity index (χ4v) is 4.47. The first-order valence-electron chi connectivity index (χ1n) is 10.6. The van der Waals surface area contributed by atoms with Crippen LogP contribution in [0.25, 0.3) is 10.9 Å². The van der Waals surface area contributed by atoms with Crippen LogP contribution in [0.1, 0.15) is 34.7 Å². The minimum absolute atomic E-state index is 0.0311. The number of benzene rings is 2. The smallest absolute Gasteiger partial charge is 0.199 e. The fraction of sp³-hybridized carbons (Fsp3) is 0.280. The van der Waals surface area contributed by atoms with Crippen LogP contribution in [0.3, 0.4) is 0 Å². The fourth-order valence-electron chi connectivity index (χ4n) is 4.30. The van der Waals surface area contributed by atoms with Gasteiger partial charge in [0.05, 0.1) is 28.7 Å². The second-order valence-electron chi connectivity index (χ2n) is 7.93. The highest BCUT2D eigenvalue weighted by molar-refractivity contribution is 6.31. The molecule has 1 unspecified atom stereocenters. The minimum Gasteiger partial charge on any atom is -0.428 e. The van der Waals surface area contributed by atoms with Crippen LogP contribution in [0.2, 0.25) is 5.02 Å². The topological polar surface area (TPSA) is 66.6 Å². The predicted octanol–water partition coefficient (Wildman–Crippen LogP) is 4.66. The Morgan fingerprint density at radius 3 is 2.91 bits per heavy atom. The van der Waals surface area contributed by atoms with Gasteiger partial charge in [0.25, 0.3) is 0 Å². The number of nitrogens with zero attached hydrogens (tertiary/aromatic N) is 2. The molecule has 1 atom stereocenters. The molecule has 0 radical (unpaired) electrons. The van der Waals surface area contributed by atoms with Gasteiger partial charge in [0.15, 0.2) is 5.43 Å². The largest absolute Gasteiger partial charge is 0.428 e. The third-order valence-electron chi connectivity index (χ3n) is 5.83. The Morgan fingerprint density at radius 1 is 1.28 bits per heavy atom. The van der Waals surface area contributed by atoms with Crippen LogP contribution in [0.4, 0.5) is 4.39 Å². The standard InChI is InChI=1S/C25H25ClFN3O2/c1-2-8-28-9-10-29-21-12-18(17-5-3-4-16(11-17)15-27)13-23-24(21)25(31)20-14-19(26)6-7-22(20)30(23)32/h2-7,11,14,18,28,32H,1,8-10,12-13,15H2. The summed E-state index contributed by atoms with van der Waals surface area (Å²) < 4.78 is 14.3. The Morgan fingerprint density at radius 2 is 2.12 bits per heavy atom. The predicted molar refractivity (Wildman–Crippen MR) is 127 cm³/mol. The van der Waals surface area contributed by atoms with Crippen molar-refractivity contribution in [1.29, 1.82) is 0 Å². The third kappa shape index (κ3) is 4.33. The van der Waals surface area contributed by atoms with Gasteiger partial charge < -0.3 is 10.5 Å². The average molecular weight is 454 g/mol. The molecule has 32 heavy (non-hydrogen) atoms. The molecule has 0 amide bonds. The zero-order valence-electron chi connectivity index (χ0n) is 17.7. The first-order valence-corrected chi connectivity index (χ1v) is 11.0. The number of nitrogens with one attached hydrogen (secondary N) is 1. The van der Waals surface area contributed by atoms with Gasteiger partial charge in [-0.15, -0.1) is 6.58 Å². The number of hydrogen-bond donors (Lipinski definition) is 2. The molecule has 1 heterocycles. The molecular formula is C25H25ClFN3O2. The molecule has 0 aliphatic heterocycles. The van der Waals surface area contributed by atoms with E-state index in [1.807, 2.05) is 18.2 Å². The van der Waals surface area contributed by atoms with Gasteiger partial charge in [-0.1, -0.05) is 41.9 Å². The summed E-state index contributed by atoms with van der Waals surface area (Å²) in [5, 5.41) is 15.0. The maximum absolute atomic E-state index is 13.4. The van der Waals surface area contributed by atoms with E-state index in [4.69, 9.17) is 16.6 Å². The van der Waals surface area contributed by atoms with Gasteiger partial charge in [-0.3, -0.25) is 9.79 Å². The molecule has 0 saturated heterocycles. The summed E-state index contributed by atoms with van der Waals surface area (Å²) in [5.41, 5.74) is 3.40. The molecule has 166 valence electrons. The van der Waals surface area contributed by atoms with Crippen molar-refractivity contribution in [3.05, 3.63) is 92.7 Å². The van der Waals surface area contributed by atoms with Gasteiger partial charge in [-0.2, -0.15) is 4.73 Å². The SMILES string of the molecule is C=CCNCCN=C1CC(c2cccc(CF)c2)Cc2c1c(=O)c1cc(Cl)ccc1n2O. The zero-order chi connectivity index (χ0) is 22.7. The van der Waals surface area contributed by atoms with E-state index in [1.54, 1.807) is 30.3 Å². The summed E-state index contributed by atoms with van der Waals surface area (Å²) in [7, 11) is 0. The van der Waals surface area contributed by atoms with Gasteiger partial charge in [-0.25, -0.2) is 4.39 Å². The molecule has 1 aliphatic carbocycles. The number of aliphatic imine (C=N–C) groups is 1. The van der Waals surface area contributed by atoms with Crippen LogP contribution in [-0.4, -0.2) is 35.3 Å². The van der Waals surface area contributed by atoms with Crippen molar-refractivity contribution in [2.75, 3.05) is 19.6 Å². The van der Waals surface area contributed by atoms with E-state index >= 15 is 0 Å². The Kier molecular flexibility index (Phi) is 6.72. The first-order chi connectivity index (χ1) is 15.5. The van der Waals surface area contributed by atoms with Crippen LogP contribution in [0.5, 0.6) is 0 Å². The van der Waals surface area contributed by atoms with E-state index in [0.29, 0.717) is 70.9 Å². The summed E-state index contributed by atoms with van der Waals surface area (Å²) in [4.78, 5) is 18.2. The first kappa shape index (κ1) is 22.2. The Balaban J connectivity index is 1.83. The molecule has 0 saturated carbocycles. The van der Waals surface area contributed by atoms with E-state index in [1.165, 1.54) is 0 Å². The van der Waals surface area contributed by atoms with Crippen LogP contribution in [0.15, 0.2) is 64.9 Å². The molecule has 0 spiro atoms. The second-order valence-corrected chi connectivity index (χ2v) is 8.37. The molecule has 3 aromatic rings. The van der Waals surface area contributed by atoms with E-state index in [2.05, 4.69) is 11.9 Å². The number of rotatable bonds is 7. The summed E-state index contributed by atoms with van der Waals surface area (Å²) >= 11 is 6.12. The molecule has 1 aliphatic rings. The van der Waals surface area contributed by atoms with E-state index in [0.717, 1.165) is 10.3 Å². The van der Waals surface area contributed by atoms with Crippen molar-refractivity contribution < 1.29 is 9.60 Å². The lowest BCUT2D eigenvalue weighted by Gasteiger charge is -2.28. The molecule has 2 aromatic carbocycles. The van der Waals surface area contributed by atoms with Crippen molar-refractivity contribution in [3.8, 4) is 0 Å². The minimum atomic E-state index is -0.539. The second kappa shape index (κ2) is 9.67. The van der Waals surface area contributed by atoms with Gasteiger partial charge in [0.1, 0.15) is 6.67 Å². The van der Waals surface area contributed by atoms with Crippen molar-refractivity contribution >= 4 is 28.2 Å². The normalized spacial score (nSPS) is 16.9. The maximum atomic E-state index is 13.4. The van der Waals surface area contributed by atoms with Crippen LogP contribution in [0, 0.1) is 0 Å². The van der Waals surface area contributed by atoms with Gasteiger partial charge in [0, 0.05) is 23.8 Å². The van der Waals surface area contributed by atoms with Crippen molar-refractivity contribution in [2.24, 2.45) is 4.99 Å². The van der Waals surface area contributed by atoms with Gasteiger partial charge >= 0.3 is 0 Å². The Bertz CT molecular complexity index is 1250. The lowest BCUT2D eigenvalue weighted by atomic mass is 9.80. The zero-order valence-corrected chi connectivity index (χ0v) is 18.4. The average Bonchev–Trinajstić information content (AvgIpc) is 2.82. The van der Waals surface area contributed by atoms with Crippen LogP contribution < -0.4 is 10.7 Å². The molecule has 4 rings (SSSR count). The van der Waals surface area contributed by atoms with E-state index in [9.17, 15) is 14.4 Å². The maximum Gasteiger partial charge on any atom is 0.199 e. The number of alkyl halides is 1. The van der Waals surface area contributed by atoms with Crippen LogP contribution >= 0.6 is 11.6 Å². The summed E-state index contributed by atoms with van der Waals surface area (Å²) in [6.07, 6.45) is 2.76. The molecular weight excluding hydrogens is 429 g/mol. The summed E-state index contributed by atoms with van der Waals surface area (Å²) in [6.45, 7) is 4.94. The number of fused-ring (bicyclic) bond motifs is 2. The van der Waals surface area contributed by atoms with Crippen LogP contribution in [-0.2, 0) is 13.1 Å². The quantitative estimate of drug-likeness (QED) is 0.311. The Hall–Kier alpha value is -2.96.